The lowest BCUT2D eigenvalue weighted by molar-refractivity contribution is -0.367. The molecule has 0 heterocycles. The van der Waals surface area contributed by atoms with Crippen LogP contribution in [0.3, 0.4) is 0 Å². The van der Waals surface area contributed by atoms with Crippen molar-refractivity contribution < 1.29 is 15.2 Å². The molecular formula is C34H47N6O2+. The first-order chi connectivity index (χ1) is 20.6. The monoisotopic (exact) mass is 571 g/mol. The van der Waals surface area contributed by atoms with Gasteiger partial charge in [-0.2, -0.15) is 0 Å². The van der Waals surface area contributed by atoms with Crippen molar-refractivity contribution in [2.45, 2.75) is 25.7 Å². The summed E-state index contributed by atoms with van der Waals surface area (Å²) in [5.41, 5.74) is 27.5. The molecule has 0 unspecified atom stereocenters. The molecule has 0 aliphatic rings. The fourth-order valence-corrected chi connectivity index (χ4v) is 4.75. The van der Waals surface area contributed by atoms with Crippen LogP contribution in [0, 0.1) is 0 Å². The molecular weight excluding hydrogens is 524 g/mol. The van der Waals surface area contributed by atoms with Crippen LogP contribution >= 0.6 is 0 Å². The lowest BCUT2D eigenvalue weighted by Gasteiger charge is -2.14. The number of ether oxygens (including phenoxy) is 2. The third-order valence-corrected chi connectivity index (χ3v) is 7.02. The Morgan fingerprint density at radius 3 is 1.50 bits per heavy atom. The predicted octanol–water partition coefficient (Wildman–Crippen LogP) is 4.43. The van der Waals surface area contributed by atoms with Crippen LogP contribution in [-0.4, -0.2) is 52.5 Å². The van der Waals surface area contributed by atoms with Crippen LogP contribution < -0.4 is 43.0 Å². The standard InChI is InChI=1S/C34H46N6O2/c35-9-1-13-39-31-19-29(21-33(23-31)41-15-3-11-37)26-7-5-25-6-8-27(18-28(25)17-26)30-20-32(40-14-2-10-36)24-34(22-30)42-16-4-12-38/h5-8,17-24,39-40H,1-4,9-16,35-38H2/p+1. The van der Waals surface area contributed by atoms with Crippen LogP contribution in [0.15, 0.2) is 72.8 Å². The Balaban J connectivity index is 1.67. The summed E-state index contributed by atoms with van der Waals surface area (Å²) in [5, 5.41) is 9.36. The third kappa shape index (κ3) is 9.09. The van der Waals surface area contributed by atoms with Gasteiger partial charge in [-0.25, -0.2) is 0 Å². The van der Waals surface area contributed by atoms with Gasteiger partial charge >= 0.3 is 0 Å². The summed E-state index contributed by atoms with van der Waals surface area (Å²) in [5.74, 6) is 1.67. The van der Waals surface area contributed by atoms with Gasteiger partial charge in [0.05, 0.1) is 19.8 Å². The normalized spacial score (nSPS) is 11.0. The molecule has 0 aliphatic heterocycles. The van der Waals surface area contributed by atoms with Crippen molar-refractivity contribution in [2.75, 3.05) is 63.1 Å². The molecule has 0 aromatic heterocycles. The van der Waals surface area contributed by atoms with Gasteiger partial charge in [0, 0.05) is 43.0 Å². The molecule has 0 radical (unpaired) electrons. The minimum Gasteiger partial charge on any atom is -0.493 e. The quantitative estimate of drug-likeness (QED) is 0.0968. The molecule has 8 heteroatoms. The third-order valence-electron chi connectivity index (χ3n) is 7.02. The maximum atomic E-state index is 6.05. The topological polar surface area (TPSA) is 148 Å². The highest BCUT2D eigenvalue weighted by Crippen LogP contribution is 2.34. The van der Waals surface area contributed by atoms with E-state index in [1.807, 2.05) is 6.07 Å². The van der Waals surface area contributed by atoms with E-state index in [-0.39, 0.29) is 0 Å². The largest absolute Gasteiger partial charge is 0.493 e. The van der Waals surface area contributed by atoms with Gasteiger partial charge in [0.1, 0.15) is 11.5 Å². The Kier molecular flexibility index (Phi) is 12.3. The molecule has 4 aromatic rings. The number of hydrogen-bond donors (Lipinski definition) is 6. The van der Waals surface area contributed by atoms with Crippen molar-refractivity contribution in [2.24, 2.45) is 17.2 Å². The van der Waals surface area contributed by atoms with Crippen LogP contribution in [0.5, 0.6) is 11.5 Å². The predicted molar refractivity (Wildman–Crippen MR) is 176 cm³/mol. The van der Waals surface area contributed by atoms with E-state index in [2.05, 4.69) is 83.1 Å². The van der Waals surface area contributed by atoms with Gasteiger partial charge in [-0.3, -0.25) is 0 Å². The van der Waals surface area contributed by atoms with Crippen molar-refractivity contribution >= 4 is 22.1 Å². The van der Waals surface area contributed by atoms with E-state index >= 15 is 0 Å². The Bertz CT molecular complexity index is 1250. The first-order valence-corrected chi connectivity index (χ1v) is 15.1. The van der Waals surface area contributed by atoms with E-state index in [1.165, 1.54) is 5.39 Å². The minimum atomic E-state index is 0.588. The van der Waals surface area contributed by atoms with Gasteiger partial charge in [0.25, 0.3) is 0 Å². The molecule has 4 aromatic carbocycles. The number of rotatable bonds is 18. The maximum absolute atomic E-state index is 6.05. The molecule has 4 rings (SSSR count). The molecule has 0 atom stereocenters. The summed E-state index contributed by atoms with van der Waals surface area (Å²) in [6, 6.07) is 25.9. The highest BCUT2D eigenvalue weighted by Gasteiger charge is 2.09. The zero-order valence-corrected chi connectivity index (χ0v) is 24.7. The number of benzene rings is 4. The number of fused-ring (bicyclic) bond motifs is 1. The van der Waals surface area contributed by atoms with Crippen molar-refractivity contribution in [1.29, 1.82) is 0 Å². The summed E-state index contributed by atoms with van der Waals surface area (Å²) in [7, 11) is 0. The number of hydrogen-bond acceptors (Lipinski definition) is 7. The van der Waals surface area contributed by atoms with Crippen LogP contribution in [0.2, 0.25) is 0 Å². The minimum absolute atomic E-state index is 0.588. The molecule has 0 bridgehead atoms. The van der Waals surface area contributed by atoms with Crippen LogP contribution in [0.1, 0.15) is 25.7 Å². The fourth-order valence-electron chi connectivity index (χ4n) is 4.75. The molecule has 0 saturated heterocycles. The smallest absolute Gasteiger partial charge is 0.121 e. The summed E-state index contributed by atoms with van der Waals surface area (Å²) in [4.78, 5) is 0. The molecule has 0 aliphatic carbocycles. The van der Waals surface area contributed by atoms with Gasteiger partial charge in [-0.1, -0.05) is 24.3 Å². The number of anilines is 2. The average molecular weight is 572 g/mol. The van der Waals surface area contributed by atoms with Crippen LogP contribution in [0.25, 0.3) is 33.0 Å². The summed E-state index contributed by atoms with van der Waals surface area (Å²) < 4.78 is 12.1. The van der Waals surface area contributed by atoms with Gasteiger partial charge in [-0.15, -0.1) is 0 Å². The summed E-state index contributed by atoms with van der Waals surface area (Å²) in [6.45, 7) is 5.62. The molecule has 0 fully saturated rings. The second-order valence-corrected chi connectivity index (χ2v) is 10.5. The average Bonchev–Trinajstić information content (AvgIpc) is 3.01. The van der Waals surface area contributed by atoms with Crippen LogP contribution in [-0.2, 0) is 0 Å². The fraction of sp³-hybridized carbons (Fsp3) is 0.353. The van der Waals surface area contributed by atoms with E-state index in [9.17, 15) is 0 Å². The molecule has 0 amide bonds. The van der Waals surface area contributed by atoms with E-state index < -0.39 is 0 Å². The zero-order chi connectivity index (χ0) is 29.6. The number of quaternary nitrogens is 1. The molecule has 0 saturated carbocycles. The molecule has 0 spiro atoms. The van der Waals surface area contributed by atoms with E-state index in [1.54, 1.807) is 0 Å². The van der Waals surface area contributed by atoms with Gasteiger partial charge in [0.15, 0.2) is 0 Å². The number of nitrogens with two attached hydrogens (primary N) is 3. The SMILES string of the molecule is NCCCNc1cc(OCCCN)cc(-c2ccc3ccc(-c4cc(NCCC[NH3+])cc(OCCCN)c4)cc3c2)c1. The van der Waals surface area contributed by atoms with Crippen molar-refractivity contribution in [3.63, 3.8) is 0 Å². The molecule has 42 heavy (non-hydrogen) atoms. The van der Waals surface area contributed by atoms with Gasteiger partial charge in [0.2, 0.25) is 0 Å². The van der Waals surface area contributed by atoms with E-state index in [4.69, 9.17) is 26.7 Å². The van der Waals surface area contributed by atoms with Crippen molar-refractivity contribution in [1.82, 2.24) is 0 Å². The second-order valence-electron chi connectivity index (χ2n) is 10.5. The Morgan fingerprint density at radius 1 is 0.524 bits per heavy atom. The van der Waals surface area contributed by atoms with Gasteiger partial charge in [-0.05, 0) is 108 Å². The van der Waals surface area contributed by atoms with Crippen LogP contribution in [0.4, 0.5) is 11.4 Å². The van der Waals surface area contributed by atoms with Crippen molar-refractivity contribution in [3.8, 4) is 33.8 Å². The lowest BCUT2D eigenvalue weighted by Crippen LogP contribution is -2.50. The van der Waals surface area contributed by atoms with Crippen molar-refractivity contribution in [3.05, 3.63) is 72.8 Å². The highest BCUT2D eigenvalue weighted by molar-refractivity contribution is 5.91. The summed E-state index contributed by atoms with van der Waals surface area (Å²) >= 11 is 0. The lowest BCUT2D eigenvalue weighted by atomic mass is 9.97. The van der Waals surface area contributed by atoms with E-state index in [0.717, 1.165) is 95.8 Å². The maximum Gasteiger partial charge on any atom is 0.121 e. The van der Waals surface area contributed by atoms with E-state index in [0.29, 0.717) is 32.8 Å². The number of nitrogens with one attached hydrogen (secondary N) is 2. The van der Waals surface area contributed by atoms with Gasteiger partial charge < -0.3 is 43.0 Å². The molecule has 224 valence electrons. The molecule has 8 nitrogen and oxygen atoms in total. The Morgan fingerprint density at radius 2 is 1.02 bits per heavy atom. The zero-order valence-electron chi connectivity index (χ0n) is 24.7. The summed E-state index contributed by atoms with van der Waals surface area (Å²) in [6.07, 6.45) is 3.54. The Hall–Kier alpha value is -3.82. The highest BCUT2D eigenvalue weighted by atomic mass is 16.5. The molecule has 11 N–H and O–H groups in total. The first-order valence-electron chi connectivity index (χ1n) is 15.1. The first kappa shape index (κ1) is 31.1. The Labute approximate surface area is 249 Å². The second kappa shape index (κ2) is 16.6.